The average molecular weight is 304 g/mol. The highest BCUT2D eigenvalue weighted by atomic mass is 16.5. The number of nitrogens with zero attached hydrogens (tertiary/aromatic N) is 1. The Kier molecular flexibility index (Phi) is 5.16. The predicted molar refractivity (Wildman–Crippen MR) is 80.8 cm³/mol. The molecule has 0 fully saturated rings. The molecule has 1 heterocycles. The van der Waals surface area contributed by atoms with Crippen molar-refractivity contribution in [3.8, 4) is 5.75 Å². The molecule has 1 atom stereocenters. The molecular formula is C16H20N2O4. The largest absolute Gasteiger partial charge is 0.485 e. The van der Waals surface area contributed by atoms with E-state index < -0.39 is 0 Å². The van der Waals surface area contributed by atoms with Gasteiger partial charge in [-0.1, -0.05) is 17.3 Å². The van der Waals surface area contributed by atoms with E-state index in [9.17, 15) is 4.79 Å². The van der Waals surface area contributed by atoms with Crippen molar-refractivity contribution in [3.05, 3.63) is 46.8 Å². The van der Waals surface area contributed by atoms with Crippen molar-refractivity contribution in [3.63, 3.8) is 0 Å². The maximum absolute atomic E-state index is 11.8. The summed E-state index contributed by atoms with van der Waals surface area (Å²) in [5.74, 6) is 0.849. The summed E-state index contributed by atoms with van der Waals surface area (Å²) in [7, 11) is 0. The molecule has 2 aromatic rings. The van der Waals surface area contributed by atoms with E-state index >= 15 is 0 Å². The molecule has 6 nitrogen and oxygen atoms in total. The molecule has 1 aromatic heterocycles. The quantitative estimate of drug-likeness (QED) is 0.852. The van der Waals surface area contributed by atoms with Crippen LogP contribution in [0, 0.1) is 13.8 Å². The van der Waals surface area contributed by atoms with Crippen LogP contribution in [0.3, 0.4) is 0 Å². The van der Waals surface area contributed by atoms with Crippen LogP contribution in [-0.4, -0.2) is 28.8 Å². The molecule has 0 unspecified atom stereocenters. The van der Waals surface area contributed by atoms with E-state index in [2.05, 4.69) is 10.5 Å². The number of aliphatic hydroxyl groups is 1. The van der Waals surface area contributed by atoms with Gasteiger partial charge in [0.15, 0.2) is 11.5 Å². The zero-order valence-electron chi connectivity index (χ0n) is 12.9. The lowest BCUT2D eigenvalue weighted by atomic mass is 10.1. The number of benzene rings is 1. The minimum atomic E-state index is -0.386. The van der Waals surface area contributed by atoms with Crippen LogP contribution in [-0.2, 0) is 6.61 Å². The lowest BCUT2D eigenvalue weighted by Crippen LogP contribution is -2.35. The van der Waals surface area contributed by atoms with Crippen molar-refractivity contribution >= 4 is 5.91 Å². The fraction of sp³-hybridized carbons (Fsp3) is 0.375. The Morgan fingerprint density at radius 1 is 1.41 bits per heavy atom. The van der Waals surface area contributed by atoms with Gasteiger partial charge in [-0.25, -0.2) is 0 Å². The van der Waals surface area contributed by atoms with Crippen molar-refractivity contribution < 1.29 is 19.2 Å². The molecule has 6 heteroatoms. The zero-order chi connectivity index (χ0) is 16.1. The van der Waals surface area contributed by atoms with Crippen LogP contribution < -0.4 is 10.1 Å². The number of hydrogen-bond acceptors (Lipinski definition) is 5. The summed E-state index contributed by atoms with van der Waals surface area (Å²) >= 11 is 0. The summed E-state index contributed by atoms with van der Waals surface area (Å²) < 4.78 is 10.8. The first kappa shape index (κ1) is 16.0. The average Bonchev–Trinajstić information content (AvgIpc) is 2.97. The normalized spacial score (nSPS) is 12.0. The lowest BCUT2D eigenvalue weighted by Gasteiger charge is -2.08. The third-order valence-electron chi connectivity index (χ3n) is 3.16. The number of aryl methyl sites for hydroxylation is 2. The second-order valence-corrected chi connectivity index (χ2v) is 5.29. The van der Waals surface area contributed by atoms with Crippen LogP contribution in [0.4, 0.5) is 0 Å². The Morgan fingerprint density at radius 3 is 2.91 bits per heavy atom. The topological polar surface area (TPSA) is 84.6 Å². The maximum atomic E-state index is 11.8. The van der Waals surface area contributed by atoms with Crippen LogP contribution >= 0.6 is 0 Å². The van der Waals surface area contributed by atoms with E-state index in [-0.39, 0.29) is 30.9 Å². The van der Waals surface area contributed by atoms with Gasteiger partial charge in [0, 0.05) is 12.1 Å². The van der Waals surface area contributed by atoms with Crippen LogP contribution in [0.5, 0.6) is 5.75 Å². The number of aliphatic hydroxyl groups excluding tert-OH is 1. The highest BCUT2D eigenvalue weighted by Crippen LogP contribution is 2.20. The first-order chi connectivity index (χ1) is 10.5. The van der Waals surface area contributed by atoms with Crippen LogP contribution in [0.25, 0.3) is 0 Å². The van der Waals surface area contributed by atoms with Gasteiger partial charge >= 0.3 is 0 Å². The first-order valence-corrected chi connectivity index (χ1v) is 7.07. The monoisotopic (exact) mass is 304 g/mol. The van der Waals surface area contributed by atoms with Gasteiger partial charge in [-0.2, -0.15) is 0 Å². The molecule has 2 rings (SSSR count). The van der Waals surface area contributed by atoms with Crippen LogP contribution in [0.1, 0.15) is 34.3 Å². The highest BCUT2D eigenvalue weighted by molar-refractivity contribution is 5.92. The molecule has 0 bridgehead atoms. The molecule has 0 radical (unpaired) electrons. The van der Waals surface area contributed by atoms with Crippen molar-refractivity contribution in [2.75, 3.05) is 6.61 Å². The number of aromatic nitrogens is 1. The molecule has 0 aliphatic heterocycles. The first-order valence-electron chi connectivity index (χ1n) is 7.07. The summed E-state index contributed by atoms with van der Waals surface area (Å²) in [4.78, 5) is 11.8. The van der Waals surface area contributed by atoms with Gasteiger partial charge in [-0.05, 0) is 38.0 Å². The second kappa shape index (κ2) is 7.09. The number of rotatable bonds is 6. The van der Waals surface area contributed by atoms with Crippen molar-refractivity contribution in [1.29, 1.82) is 0 Å². The molecule has 118 valence electrons. The number of carbonyl (C=O) groups is 1. The molecular weight excluding hydrogens is 284 g/mol. The minimum Gasteiger partial charge on any atom is -0.485 e. The Hall–Kier alpha value is -2.34. The van der Waals surface area contributed by atoms with E-state index in [0.717, 1.165) is 16.9 Å². The number of nitrogens with one attached hydrogen (secondary N) is 1. The molecule has 0 spiro atoms. The molecule has 22 heavy (non-hydrogen) atoms. The standard InChI is InChI=1S/C16H20N2O4/c1-10-4-5-11(2)15(6-10)21-9-13-7-14(18-22-13)16(20)17-12(3)8-19/h4-7,12,19H,8-9H2,1-3H3,(H,17,20)/t12-/m0/s1. The number of ether oxygens (including phenoxy) is 1. The Balaban J connectivity index is 1.97. The third-order valence-corrected chi connectivity index (χ3v) is 3.16. The summed E-state index contributed by atoms with van der Waals surface area (Å²) in [5.41, 5.74) is 2.30. The minimum absolute atomic E-state index is 0.133. The second-order valence-electron chi connectivity index (χ2n) is 5.29. The van der Waals surface area contributed by atoms with E-state index in [1.165, 1.54) is 6.07 Å². The van der Waals surface area contributed by atoms with E-state index in [1.54, 1.807) is 6.92 Å². The van der Waals surface area contributed by atoms with Gasteiger partial charge in [0.2, 0.25) is 0 Å². The Morgan fingerprint density at radius 2 is 2.18 bits per heavy atom. The molecule has 0 saturated heterocycles. The predicted octanol–water partition coefficient (Wildman–Crippen LogP) is 1.98. The molecule has 2 N–H and O–H groups in total. The van der Waals surface area contributed by atoms with Crippen molar-refractivity contribution in [2.24, 2.45) is 0 Å². The molecule has 1 amide bonds. The maximum Gasteiger partial charge on any atom is 0.273 e. The summed E-state index contributed by atoms with van der Waals surface area (Å²) in [6.07, 6.45) is 0. The van der Waals surface area contributed by atoms with E-state index in [4.69, 9.17) is 14.4 Å². The van der Waals surface area contributed by atoms with Crippen molar-refractivity contribution in [1.82, 2.24) is 10.5 Å². The molecule has 1 aromatic carbocycles. The third kappa shape index (κ3) is 4.08. The van der Waals surface area contributed by atoms with E-state index in [0.29, 0.717) is 5.76 Å². The van der Waals surface area contributed by atoms with Gasteiger partial charge in [-0.3, -0.25) is 4.79 Å². The number of amides is 1. The smallest absolute Gasteiger partial charge is 0.273 e. The van der Waals surface area contributed by atoms with Crippen LogP contribution in [0.15, 0.2) is 28.8 Å². The summed E-state index contributed by atoms with van der Waals surface area (Å²) in [6, 6.07) is 7.15. The lowest BCUT2D eigenvalue weighted by molar-refractivity contribution is 0.0913. The van der Waals surface area contributed by atoms with E-state index in [1.807, 2.05) is 32.0 Å². The molecule has 0 saturated carbocycles. The summed E-state index contributed by atoms with van der Waals surface area (Å²) in [6.45, 7) is 5.71. The van der Waals surface area contributed by atoms with Crippen LogP contribution in [0.2, 0.25) is 0 Å². The highest BCUT2D eigenvalue weighted by Gasteiger charge is 2.15. The SMILES string of the molecule is Cc1ccc(C)c(OCc2cc(C(=O)N[C@@H](C)CO)no2)c1. The zero-order valence-corrected chi connectivity index (χ0v) is 12.9. The fourth-order valence-corrected chi connectivity index (χ4v) is 1.84. The number of hydrogen-bond donors (Lipinski definition) is 2. The van der Waals surface area contributed by atoms with Gasteiger partial charge < -0.3 is 19.7 Å². The Labute approximate surface area is 129 Å². The van der Waals surface area contributed by atoms with Crippen molar-refractivity contribution in [2.45, 2.75) is 33.4 Å². The number of carbonyl (C=O) groups excluding carboxylic acids is 1. The van der Waals surface area contributed by atoms with Gasteiger partial charge in [0.05, 0.1) is 6.61 Å². The fourth-order valence-electron chi connectivity index (χ4n) is 1.84. The van der Waals surface area contributed by atoms with Gasteiger partial charge in [-0.15, -0.1) is 0 Å². The molecule has 0 aliphatic rings. The summed E-state index contributed by atoms with van der Waals surface area (Å²) in [5, 5.41) is 15.2. The Bertz CT molecular complexity index is 651. The molecule has 0 aliphatic carbocycles. The van der Waals surface area contributed by atoms with Gasteiger partial charge in [0.1, 0.15) is 12.4 Å². The van der Waals surface area contributed by atoms with Gasteiger partial charge in [0.25, 0.3) is 5.91 Å².